The van der Waals surface area contributed by atoms with Gasteiger partial charge in [0.2, 0.25) is 0 Å². The minimum Gasteiger partial charge on any atom is -0.493 e. The van der Waals surface area contributed by atoms with Gasteiger partial charge in [-0.15, -0.1) is 0 Å². The van der Waals surface area contributed by atoms with Crippen LogP contribution in [0.4, 0.5) is 5.69 Å². The molecule has 0 heterocycles. The van der Waals surface area contributed by atoms with Crippen molar-refractivity contribution in [1.29, 1.82) is 0 Å². The lowest BCUT2D eigenvalue weighted by Gasteiger charge is -2.18. The second-order valence-corrected chi connectivity index (χ2v) is 6.10. The number of methoxy groups -OCH3 is 2. The van der Waals surface area contributed by atoms with Gasteiger partial charge in [0.05, 0.1) is 20.3 Å². The number of hydrogen-bond donors (Lipinski definition) is 2. The van der Waals surface area contributed by atoms with Crippen LogP contribution in [-0.4, -0.2) is 32.0 Å². The van der Waals surface area contributed by atoms with Crippen LogP contribution in [0.5, 0.6) is 17.2 Å². The second-order valence-electron chi connectivity index (χ2n) is 5.69. The Morgan fingerprint density at radius 1 is 1.04 bits per heavy atom. The van der Waals surface area contributed by atoms with E-state index in [4.69, 9.17) is 26.4 Å². The topological polar surface area (TPSA) is 51.8 Å². The van der Waals surface area contributed by atoms with Gasteiger partial charge in [0.25, 0.3) is 0 Å². The third-order valence-electron chi connectivity index (χ3n) is 3.54. The molecular formula is C19H24N2O3S. The highest BCUT2D eigenvalue weighted by Gasteiger charge is 2.08. The molecule has 2 aromatic rings. The van der Waals surface area contributed by atoms with Gasteiger partial charge in [-0.1, -0.05) is 17.7 Å². The quantitative estimate of drug-likeness (QED) is 0.733. The molecule has 0 saturated carbocycles. The molecule has 134 valence electrons. The first-order valence-electron chi connectivity index (χ1n) is 8.01. The molecular weight excluding hydrogens is 336 g/mol. The summed E-state index contributed by atoms with van der Waals surface area (Å²) in [6.07, 6.45) is 0. The van der Waals surface area contributed by atoms with E-state index in [1.807, 2.05) is 56.3 Å². The van der Waals surface area contributed by atoms with Gasteiger partial charge in [0.1, 0.15) is 12.4 Å². The molecule has 0 saturated heterocycles. The lowest BCUT2D eigenvalue weighted by Crippen LogP contribution is -2.39. The highest BCUT2D eigenvalue weighted by atomic mass is 32.1. The molecule has 0 aliphatic heterocycles. The molecule has 0 bridgehead atoms. The summed E-state index contributed by atoms with van der Waals surface area (Å²) in [5, 5.41) is 6.85. The van der Waals surface area contributed by atoms with Gasteiger partial charge >= 0.3 is 0 Å². The number of anilines is 1. The normalized spacial score (nSPS) is 11.4. The Balaban J connectivity index is 1.83. The third-order valence-corrected chi connectivity index (χ3v) is 3.76. The molecule has 2 rings (SSSR count). The number of aryl methyl sites for hydroxylation is 1. The van der Waals surface area contributed by atoms with Crippen molar-refractivity contribution in [2.24, 2.45) is 0 Å². The van der Waals surface area contributed by atoms with Crippen molar-refractivity contribution in [2.45, 2.75) is 19.9 Å². The molecule has 0 fully saturated rings. The van der Waals surface area contributed by atoms with Gasteiger partial charge in [0.15, 0.2) is 16.6 Å². The van der Waals surface area contributed by atoms with Crippen molar-refractivity contribution in [2.75, 3.05) is 26.1 Å². The van der Waals surface area contributed by atoms with E-state index in [-0.39, 0.29) is 6.04 Å². The van der Waals surface area contributed by atoms with E-state index >= 15 is 0 Å². The van der Waals surface area contributed by atoms with Crippen molar-refractivity contribution in [3.05, 3.63) is 48.0 Å². The molecule has 0 aromatic heterocycles. The number of ether oxygens (including phenoxy) is 3. The monoisotopic (exact) mass is 360 g/mol. The number of rotatable bonds is 7. The first kappa shape index (κ1) is 18.9. The van der Waals surface area contributed by atoms with Gasteiger partial charge in [-0.05, 0) is 50.3 Å². The molecule has 0 unspecified atom stereocenters. The molecule has 2 N–H and O–H groups in total. The molecule has 0 spiro atoms. The Hall–Kier alpha value is -2.47. The van der Waals surface area contributed by atoms with Crippen LogP contribution in [0.3, 0.4) is 0 Å². The maximum absolute atomic E-state index is 5.75. The second kappa shape index (κ2) is 9.13. The molecule has 25 heavy (non-hydrogen) atoms. The van der Waals surface area contributed by atoms with Crippen LogP contribution in [0.1, 0.15) is 12.5 Å². The Kier molecular flexibility index (Phi) is 6.89. The fourth-order valence-corrected chi connectivity index (χ4v) is 2.52. The summed E-state index contributed by atoms with van der Waals surface area (Å²) in [6, 6.07) is 13.6. The van der Waals surface area contributed by atoms with Crippen LogP contribution in [-0.2, 0) is 0 Å². The summed E-state index contributed by atoms with van der Waals surface area (Å²) < 4.78 is 16.3. The van der Waals surface area contributed by atoms with Gasteiger partial charge < -0.3 is 24.8 Å². The van der Waals surface area contributed by atoms with E-state index in [1.54, 1.807) is 14.2 Å². The average molecular weight is 360 g/mol. The van der Waals surface area contributed by atoms with E-state index in [2.05, 4.69) is 10.6 Å². The first-order valence-corrected chi connectivity index (χ1v) is 8.41. The summed E-state index contributed by atoms with van der Waals surface area (Å²) in [5.74, 6) is 2.16. The van der Waals surface area contributed by atoms with Crippen LogP contribution in [0.15, 0.2) is 42.5 Å². The zero-order chi connectivity index (χ0) is 18.2. The number of benzene rings is 2. The lowest BCUT2D eigenvalue weighted by atomic mass is 10.2. The van der Waals surface area contributed by atoms with Crippen molar-refractivity contribution >= 4 is 23.0 Å². The van der Waals surface area contributed by atoms with E-state index in [1.165, 1.54) is 5.56 Å². The van der Waals surface area contributed by atoms with Gasteiger partial charge in [-0.25, -0.2) is 0 Å². The van der Waals surface area contributed by atoms with Crippen LogP contribution >= 0.6 is 12.2 Å². The molecule has 2 aromatic carbocycles. The largest absolute Gasteiger partial charge is 0.493 e. The van der Waals surface area contributed by atoms with E-state index in [0.717, 1.165) is 11.4 Å². The van der Waals surface area contributed by atoms with Gasteiger partial charge in [-0.2, -0.15) is 0 Å². The number of thiocarbonyl (C=S) groups is 1. The standard InChI is InChI=1S/C19H24N2O3S/c1-13-5-8-16(9-6-13)24-12-14(2)20-19(25)21-15-7-10-17(22-3)18(11-15)23-4/h5-11,14H,12H2,1-4H3,(H2,20,21,25)/t14-/m0/s1. The predicted molar refractivity (Wildman–Crippen MR) is 105 cm³/mol. The van der Waals surface area contributed by atoms with Crippen molar-refractivity contribution in [1.82, 2.24) is 5.32 Å². The zero-order valence-corrected chi connectivity index (χ0v) is 15.8. The molecule has 0 amide bonds. The SMILES string of the molecule is COc1ccc(NC(=S)N[C@@H](C)COc2ccc(C)cc2)cc1OC. The van der Waals surface area contributed by atoms with Gasteiger partial charge in [-0.3, -0.25) is 0 Å². The Labute approximate surface area is 154 Å². The Bertz CT molecular complexity index is 704. The summed E-state index contributed by atoms with van der Waals surface area (Å²) in [7, 11) is 3.20. The van der Waals surface area contributed by atoms with Crippen molar-refractivity contribution in [3.8, 4) is 17.2 Å². The van der Waals surface area contributed by atoms with Crippen LogP contribution in [0.2, 0.25) is 0 Å². The fourth-order valence-electron chi connectivity index (χ4n) is 2.20. The minimum absolute atomic E-state index is 0.0569. The smallest absolute Gasteiger partial charge is 0.171 e. The summed E-state index contributed by atoms with van der Waals surface area (Å²) in [5.41, 5.74) is 2.03. The lowest BCUT2D eigenvalue weighted by molar-refractivity contribution is 0.287. The molecule has 0 radical (unpaired) electrons. The van der Waals surface area contributed by atoms with E-state index in [0.29, 0.717) is 23.2 Å². The Morgan fingerprint density at radius 2 is 1.72 bits per heavy atom. The molecule has 5 nitrogen and oxygen atoms in total. The van der Waals surface area contributed by atoms with Crippen molar-refractivity contribution in [3.63, 3.8) is 0 Å². The predicted octanol–water partition coefficient (Wildman–Crippen LogP) is 3.77. The molecule has 6 heteroatoms. The summed E-state index contributed by atoms with van der Waals surface area (Å²) in [4.78, 5) is 0. The highest BCUT2D eigenvalue weighted by Crippen LogP contribution is 2.29. The maximum Gasteiger partial charge on any atom is 0.171 e. The van der Waals surface area contributed by atoms with Crippen LogP contribution in [0, 0.1) is 6.92 Å². The average Bonchev–Trinajstić information content (AvgIpc) is 2.61. The van der Waals surface area contributed by atoms with E-state index < -0.39 is 0 Å². The molecule has 0 aliphatic carbocycles. The van der Waals surface area contributed by atoms with Crippen LogP contribution < -0.4 is 24.8 Å². The Morgan fingerprint density at radius 3 is 2.36 bits per heavy atom. The first-order chi connectivity index (χ1) is 12.0. The highest BCUT2D eigenvalue weighted by molar-refractivity contribution is 7.80. The van der Waals surface area contributed by atoms with Crippen molar-refractivity contribution < 1.29 is 14.2 Å². The van der Waals surface area contributed by atoms with Crippen LogP contribution in [0.25, 0.3) is 0 Å². The fraction of sp³-hybridized carbons (Fsp3) is 0.316. The summed E-state index contributed by atoms with van der Waals surface area (Å²) >= 11 is 5.35. The van der Waals surface area contributed by atoms with Gasteiger partial charge in [0, 0.05) is 11.8 Å². The zero-order valence-electron chi connectivity index (χ0n) is 15.0. The van der Waals surface area contributed by atoms with E-state index in [9.17, 15) is 0 Å². The third kappa shape index (κ3) is 5.83. The molecule has 1 atom stereocenters. The maximum atomic E-state index is 5.75. The summed E-state index contributed by atoms with van der Waals surface area (Å²) in [6.45, 7) is 4.57. The number of nitrogens with one attached hydrogen (secondary N) is 2. The number of hydrogen-bond acceptors (Lipinski definition) is 4. The molecule has 0 aliphatic rings. The minimum atomic E-state index is 0.0569.